The lowest BCUT2D eigenvalue weighted by atomic mass is 10.2. The molecule has 0 amide bonds. The second-order valence-corrected chi connectivity index (χ2v) is 7.37. The number of benzene rings is 1. The number of nitrogens with one attached hydrogen (secondary N) is 1. The summed E-state index contributed by atoms with van der Waals surface area (Å²) in [6.07, 6.45) is 0. The Morgan fingerprint density at radius 2 is 1.85 bits per heavy atom. The van der Waals surface area contributed by atoms with Gasteiger partial charge < -0.3 is 5.32 Å². The lowest BCUT2D eigenvalue weighted by Crippen LogP contribution is -2.11. The van der Waals surface area contributed by atoms with E-state index in [1.165, 1.54) is 20.9 Å². The van der Waals surface area contributed by atoms with Crippen LogP contribution in [0.5, 0.6) is 0 Å². The molecule has 1 aromatic carbocycles. The third-order valence-corrected chi connectivity index (χ3v) is 5.39. The molecule has 0 spiro atoms. The summed E-state index contributed by atoms with van der Waals surface area (Å²) in [6.45, 7) is 1.83. The maximum Gasteiger partial charge on any atom is 0.0351 e. The highest BCUT2D eigenvalue weighted by Gasteiger charge is 2.03. The Morgan fingerprint density at radius 3 is 2.60 bits per heavy atom. The zero-order valence-corrected chi connectivity index (χ0v) is 14.0. The van der Waals surface area contributed by atoms with E-state index in [0.29, 0.717) is 0 Å². The standard InChI is InChI=1S/C16H14BrNS2/c17-14-5-3-12(4-6-14)9-18-10-15-8-13(11-20-15)16-2-1-7-19-16/h1-8,11,18H,9-10H2. The fourth-order valence-corrected chi connectivity index (χ4v) is 3.89. The van der Waals surface area contributed by atoms with E-state index in [-0.39, 0.29) is 0 Å². The van der Waals surface area contributed by atoms with Crippen LogP contribution in [0, 0.1) is 0 Å². The molecule has 3 aromatic rings. The number of hydrogen-bond donors (Lipinski definition) is 1. The number of halogens is 1. The van der Waals surface area contributed by atoms with E-state index in [1.807, 2.05) is 11.3 Å². The average Bonchev–Trinajstić information content (AvgIpc) is 3.11. The minimum Gasteiger partial charge on any atom is -0.308 e. The van der Waals surface area contributed by atoms with E-state index in [2.05, 4.69) is 74.5 Å². The van der Waals surface area contributed by atoms with Crippen LogP contribution >= 0.6 is 38.6 Å². The first-order valence-corrected chi connectivity index (χ1v) is 8.93. The largest absolute Gasteiger partial charge is 0.308 e. The SMILES string of the molecule is Brc1ccc(CNCc2cc(-c3cccs3)cs2)cc1. The van der Waals surface area contributed by atoms with Crippen molar-refractivity contribution < 1.29 is 0 Å². The van der Waals surface area contributed by atoms with Gasteiger partial charge in [0.15, 0.2) is 0 Å². The Morgan fingerprint density at radius 1 is 1.00 bits per heavy atom. The molecular weight excluding hydrogens is 350 g/mol. The highest BCUT2D eigenvalue weighted by molar-refractivity contribution is 9.10. The molecule has 0 unspecified atom stereocenters. The second-order valence-electron chi connectivity index (χ2n) is 4.51. The Balaban J connectivity index is 1.55. The fraction of sp³-hybridized carbons (Fsp3) is 0.125. The molecule has 0 aliphatic heterocycles. The van der Waals surface area contributed by atoms with E-state index in [9.17, 15) is 0 Å². The van der Waals surface area contributed by atoms with Crippen molar-refractivity contribution in [2.75, 3.05) is 0 Å². The van der Waals surface area contributed by atoms with Gasteiger partial charge >= 0.3 is 0 Å². The lowest BCUT2D eigenvalue weighted by molar-refractivity contribution is 0.701. The van der Waals surface area contributed by atoms with Gasteiger partial charge in [-0.1, -0.05) is 34.1 Å². The van der Waals surface area contributed by atoms with Gasteiger partial charge in [-0.2, -0.15) is 0 Å². The van der Waals surface area contributed by atoms with E-state index in [0.717, 1.165) is 17.6 Å². The van der Waals surface area contributed by atoms with Gasteiger partial charge in [0, 0.05) is 32.9 Å². The summed E-state index contributed by atoms with van der Waals surface area (Å²) in [5, 5.41) is 7.86. The van der Waals surface area contributed by atoms with Crippen LogP contribution in [-0.4, -0.2) is 0 Å². The van der Waals surface area contributed by atoms with Crippen molar-refractivity contribution in [3.05, 3.63) is 68.1 Å². The monoisotopic (exact) mass is 363 g/mol. The summed E-state index contributed by atoms with van der Waals surface area (Å²) < 4.78 is 1.13. The predicted molar refractivity (Wildman–Crippen MR) is 92.3 cm³/mol. The van der Waals surface area contributed by atoms with Crippen LogP contribution < -0.4 is 5.32 Å². The van der Waals surface area contributed by atoms with Crippen LogP contribution in [-0.2, 0) is 13.1 Å². The van der Waals surface area contributed by atoms with E-state index in [4.69, 9.17) is 0 Å². The molecule has 0 fully saturated rings. The molecular formula is C16H14BrNS2. The maximum atomic E-state index is 3.49. The molecule has 20 heavy (non-hydrogen) atoms. The molecule has 0 radical (unpaired) electrons. The van der Waals surface area contributed by atoms with Crippen LogP contribution in [0.15, 0.2) is 57.7 Å². The number of rotatable bonds is 5. The van der Waals surface area contributed by atoms with E-state index >= 15 is 0 Å². The second kappa shape index (κ2) is 6.68. The first-order chi connectivity index (χ1) is 9.81. The molecule has 4 heteroatoms. The summed E-state index contributed by atoms with van der Waals surface area (Å²) >= 11 is 7.07. The van der Waals surface area contributed by atoms with Crippen molar-refractivity contribution in [3.63, 3.8) is 0 Å². The van der Waals surface area contributed by atoms with Crippen molar-refractivity contribution in [1.82, 2.24) is 5.32 Å². The van der Waals surface area contributed by atoms with Crippen molar-refractivity contribution in [3.8, 4) is 10.4 Å². The first-order valence-electron chi connectivity index (χ1n) is 6.38. The quantitative estimate of drug-likeness (QED) is 0.628. The molecule has 0 aliphatic carbocycles. The minimum atomic E-state index is 0.902. The summed E-state index contributed by atoms with van der Waals surface area (Å²) in [4.78, 5) is 2.73. The Kier molecular flexibility index (Phi) is 4.68. The molecule has 3 rings (SSSR count). The molecule has 1 nitrogen and oxygen atoms in total. The van der Waals surface area contributed by atoms with Crippen LogP contribution in [0.2, 0.25) is 0 Å². The highest BCUT2D eigenvalue weighted by atomic mass is 79.9. The van der Waals surface area contributed by atoms with Crippen molar-refractivity contribution >= 4 is 38.6 Å². The van der Waals surface area contributed by atoms with Crippen LogP contribution in [0.4, 0.5) is 0 Å². The topological polar surface area (TPSA) is 12.0 Å². The fourth-order valence-electron chi connectivity index (χ4n) is 1.98. The predicted octanol–water partition coefficient (Wildman–Crippen LogP) is 5.53. The zero-order chi connectivity index (χ0) is 13.8. The molecule has 0 aliphatic rings. The van der Waals surface area contributed by atoms with Crippen LogP contribution in [0.25, 0.3) is 10.4 Å². The molecule has 0 atom stereocenters. The van der Waals surface area contributed by atoms with Crippen molar-refractivity contribution in [2.24, 2.45) is 0 Å². The molecule has 0 saturated heterocycles. The van der Waals surface area contributed by atoms with Gasteiger partial charge in [-0.15, -0.1) is 22.7 Å². The van der Waals surface area contributed by atoms with Crippen molar-refractivity contribution in [2.45, 2.75) is 13.1 Å². The highest BCUT2D eigenvalue weighted by Crippen LogP contribution is 2.29. The third kappa shape index (κ3) is 3.58. The van der Waals surface area contributed by atoms with Crippen LogP contribution in [0.1, 0.15) is 10.4 Å². The van der Waals surface area contributed by atoms with Gasteiger partial charge in [0.1, 0.15) is 0 Å². The smallest absolute Gasteiger partial charge is 0.0351 e. The summed E-state index contributed by atoms with van der Waals surface area (Å²) in [7, 11) is 0. The van der Waals surface area contributed by atoms with Crippen molar-refractivity contribution in [1.29, 1.82) is 0 Å². The molecule has 0 saturated carbocycles. The van der Waals surface area contributed by atoms with E-state index < -0.39 is 0 Å². The lowest BCUT2D eigenvalue weighted by Gasteiger charge is -2.03. The van der Waals surface area contributed by atoms with Gasteiger partial charge in [0.05, 0.1) is 0 Å². The third-order valence-electron chi connectivity index (χ3n) is 3.00. The molecule has 1 N–H and O–H groups in total. The molecule has 2 aromatic heterocycles. The molecule has 102 valence electrons. The summed E-state index contributed by atoms with van der Waals surface area (Å²) in [6, 6.07) is 15.0. The first kappa shape index (κ1) is 14.0. The van der Waals surface area contributed by atoms with Gasteiger partial charge in [0.2, 0.25) is 0 Å². The summed E-state index contributed by atoms with van der Waals surface area (Å²) in [5.74, 6) is 0. The zero-order valence-electron chi connectivity index (χ0n) is 10.8. The number of hydrogen-bond acceptors (Lipinski definition) is 3. The molecule has 2 heterocycles. The normalized spacial score (nSPS) is 10.8. The van der Waals surface area contributed by atoms with Gasteiger partial charge in [-0.3, -0.25) is 0 Å². The van der Waals surface area contributed by atoms with Gasteiger partial charge in [-0.25, -0.2) is 0 Å². The Hall–Kier alpha value is -0.940. The Labute approximate surface area is 135 Å². The van der Waals surface area contributed by atoms with Gasteiger partial charge in [-0.05, 0) is 40.6 Å². The van der Waals surface area contributed by atoms with E-state index in [1.54, 1.807) is 11.3 Å². The van der Waals surface area contributed by atoms with Gasteiger partial charge in [0.25, 0.3) is 0 Å². The summed E-state index contributed by atoms with van der Waals surface area (Å²) in [5.41, 5.74) is 2.65. The Bertz CT molecular complexity index is 656. The maximum absolute atomic E-state index is 3.49. The average molecular weight is 364 g/mol. The molecule has 0 bridgehead atoms. The number of thiophene rings is 2. The minimum absolute atomic E-state index is 0.902. The van der Waals surface area contributed by atoms with Crippen LogP contribution in [0.3, 0.4) is 0 Å².